The van der Waals surface area contributed by atoms with Gasteiger partial charge in [-0.05, 0) is 36.8 Å². The molecule has 0 bridgehead atoms. The molecule has 0 aliphatic heterocycles. The quantitative estimate of drug-likeness (QED) is 0.854. The smallest absolute Gasteiger partial charge is 0.129 e. The Labute approximate surface area is 123 Å². The molecule has 0 saturated heterocycles. The first-order valence-electron chi connectivity index (χ1n) is 6.21. The number of pyridine rings is 1. The lowest BCUT2D eigenvalue weighted by atomic mass is 10.2. The molecule has 1 N–H and O–H groups in total. The SMILES string of the molecule is COc1cc(CNc2ccc(Cl)nc2C)cc(OC)c1. The summed E-state index contributed by atoms with van der Waals surface area (Å²) in [5.41, 5.74) is 2.89. The number of ether oxygens (including phenoxy) is 2. The monoisotopic (exact) mass is 292 g/mol. The third-order valence-corrected chi connectivity index (χ3v) is 3.16. The lowest BCUT2D eigenvalue weighted by molar-refractivity contribution is 0.393. The molecule has 106 valence electrons. The normalized spacial score (nSPS) is 10.2. The highest BCUT2D eigenvalue weighted by atomic mass is 35.5. The highest BCUT2D eigenvalue weighted by Gasteiger charge is 2.04. The Hall–Kier alpha value is -1.94. The van der Waals surface area contributed by atoms with Gasteiger partial charge in [0.1, 0.15) is 16.7 Å². The minimum Gasteiger partial charge on any atom is -0.497 e. The Morgan fingerprint density at radius 1 is 1.10 bits per heavy atom. The Kier molecular flexibility index (Phi) is 4.69. The Morgan fingerprint density at radius 3 is 2.30 bits per heavy atom. The van der Waals surface area contributed by atoms with Gasteiger partial charge in [0.25, 0.3) is 0 Å². The van der Waals surface area contributed by atoms with Gasteiger partial charge in [0.15, 0.2) is 0 Å². The molecular formula is C15H17ClN2O2. The summed E-state index contributed by atoms with van der Waals surface area (Å²) in [6, 6.07) is 9.46. The van der Waals surface area contributed by atoms with Crippen molar-refractivity contribution in [2.45, 2.75) is 13.5 Å². The van der Waals surface area contributed by atoms with E-state index in [4.69, 9.17) is 21.1 Å². The predicted molar refractivity (Wildman–Crippen MR) is 80.9 cm³/mol. The van der Waals surface area contributed by atoms with Gasteiger partial charge in [-0.15, -0.1) is 0 Å². The Bertz CT molecular complexity index is 580. The van der Waals surface area contributed by atoms with Crippen molar-refractivity contribution in [2.24, 2.45) is 0 Å². The van der Waals surface area contributed by atoms with Crippen LogP contribution in [0.25, 0.3) is 0 Å². The number of nitrogens with zero attached hydrogens (tertiary/aromatic N) is 1. The first-order chi connectivity index (χ1) is 9.62. The van der Waals surface area contributed by atoms with Crippen molar-refractivity contribution in [1.82, 2.24) is 4.98 Å². The number of hydrogen-bond acceptors (Lipinski definition) is 4. The molecule has 1 aromatic carbocycles. The number of nitrogens with one attached hydrogen (secondary N) is 1. The van der Waals surface area contributed by atoms with E-state index in [9.17, 15) is 0 Å². The van der Waals surface area contributed by atoms with E-state index in [1.54, 1.807) is 20.3 Å². The van der Waals surface area contributed by atoms with E-state index < -0.39 is 0 Å². The summed E-state index contributed by atoms with van der Waals surface area (Å²) < 4.78 is 10.5. The van der Waals surface area contributed by atoms with E-state index in [0.29, 0.717) is 11.7 Å². The van der Waals surface area contributed by atoms with Crippen molar-refractivity contribution in [2.75, 3.05) is 19.5 Å². The van der Waals surface area contributed by atoms with Crippen LogP contribution in [0.4, 0.5) is 5.69 Å². The number of halogens is 1. The topological polar surface area (TPSA) is 43.4 Å². The van der Waals surface area contributed by atoms with Crippen LogP contribution in [0, 0.1) is 6.92 Å². The molecule has 0 atom stereocenters. The minimum absolute atomic E-state index is 0.496. The number of anilines is 1. The van der Waals surface area contributed by atoms with Gasteiger partial charge in [-0.3, -0.25) is 0 Å². The Balaban J connectivity index is 2.13. The van der Waals surface area contributed by atoms with Crippen LogP contribution in [0.2, 0.25) is 5.15 Å². The number of hydrogen-bond donors (Lipinski definition) is 1. The summed E-state index contributed by atoms with van der Waals surface area (Å²) in [6.45, 7) is 2.57. The Morgan fingerprint density at radius 2 is 1.75 bits per heavy atom. The standard InChI is InChI=1S/C15H17ClN2O2/c1-10-14(4-5-15(16)18-10)17-9-11-6-12(19-2)8-13(7-11)20-3/h4-8,17H,9H2,1-3H3. The zero-order valence-electron chi connectivity index (χ0n) is 11.7. The number of aryl methyl sites for hydroxylation is 1. The third kappa shape index (κ3) is 3.54. The van der Waals surface area contributed by atoms with Crippen molar-refractivity contribution in [3.8, 4) is 11.5 Å². The summed E-state index contributed by atoms with van der Waals surface area (Å²) in [4.78, 5) is 4.21. The lowest BCUT2D eigenvalue weighted by Crippen LogP contribution is -2.03. The van der Waals surface area contributed by atoms with Crippen LogP contribution in [-0.2, 0) is 6.54 Å². The molecule has 2 rings (SSSR count). The first kappa shape index (κ1) is 14.5. The van der Waals surface area contributed by atoms with Gasteiger partial charge >= 0.3 is 0 Å². The number of benzene rings is 1. The van der Waals surface area contributed by atoms with Crippen LogP contribution in [0.3, 0.4) is 0 Å². The van der Waals surface area contributed by atoms with Gasteiger partial charge in [-0.2, -0.15) is 0 Å². The maximum Gasteiger partial charge on any atom is 0.129 e. The molecule has 1 heterocycles. The molecule has 0 radical (unpaired) electrons. The fraction of sp³-hybridized carbons (Fsp3) is 0.267. The number of rotatable bonds is 5. The largest absolute Gasteiger partial charge is 0.497 e. The van der Waals surface area contributed by atoms with Crippen molar-refractivity contribution >= 4 is 17.3 Å². The van der Waals surface area contributed by atoms with E-state index in [2.05, 4.69) is 10.3 Å². The van der Waals surface area contributed by atoms with Crippen LogP contribution < -0.4 is 14.8 Å². The first-order valence-corrected chi connectivity index (χ1v) is 6.59. The fourth-order valence-electron chi connectivity index (χ4n) is 1.88. The van der Waals surface area contributed by atoms with E-state index in [1.165, 1.54) is 0 Å². The minimum atomic E-state index is 0.496. The van der Waals surface area contributed by atoms with Crippen LogP contribution in [0.15, 0.2) is 30.3 Å². The van der Waals surface area contributed by atoms with E-state index in [-0.39, 0.29) is 0 Å². The molecule has 0 fully saturated rings. The zero-order valence-corrected chi connectivity index (χ0v) is 12.5. The summed E-state index contributed by atoms with van der Waals surface area (Å²) >= 11 is 5.84. The van der Waals surface area contributed by atoms with Gasteiger partial charge < -0.3 is 14.8 Å². The van der Waals surface area contributed by atoms with Crippen LogP contribution in [0.1, 0.15) is 11.3 Å². The highest BCUT2D eigenvalue weighted by Crippen LogP contribution is 2.23. The van der Waals surface area contributed by atoms with Crippen molar-refractivity contribution in [3.05, 3.63) is 46.7 Å². The van der Waals surface area contributed by atoms with Gasteiger partial charge in [0.2, 0.25) is 0 Å². The predicted octanol–water partition coefficient (Wildman–Crippen LogP) is 3.67. The summed E-state index contributed by atoms with van der Waals surface area (Å²) in [5, 5.41) is 3.82. The number of aromatic nitrogens is 1. The summed E-state index contributed by atoms with van der Waals surface area (Å²) in [7, 11) is 3.28. The molecule has 5 heteroatoms. The van der Waals surface area contributed by atoms with E-state index in [0.717, 1.165) is 28.4 Å². The molecule has 0 amide bonds. The maximum atomic E-state index is 5.84. The van der Waals surface area contributed by atoms with E-state index >= 15 is 0 Å². The molecule has 0 spiro atoms. The highest BCUT2D eigenvalue weighted by molar-refractivity contribution is 6.29. The van der Waals surface area contributed by atoms with Gasteiger partial charge in [0.05, 0.1) is 25.6 Å². The lowest BCUT2D eigenvalue weighted by Gasteiger charge is -2.11. The molecule has 0 aliphatic carbocycles. The van der Waals surface area contributed by atoms with Crippen molar-refractivity contribution in [1.29, 1.82) is 0 Å². The molecule has 0 aliphatic rings. The second kappa shape index (κ2) is 6.48. The van der Waals surface area contributed by atoms with Crippen molar-refractivity contribution < 1.29 is 9.47 Å². The molecule has 0 unspecified atom stereocenters. The second-order valence-electron chi connectivity index (χ2n) is 4.34. The maximum absolute atomic E-state index is 5.84. The number of methoxy groups -OCH3 is 2. The average molecular weight is 293 g/mol. The molecule has 20 heavy (non-hydrogen) atoms. The van der Waals surface area contributed by atoms with Gasteiger partial charge in [-0.25, -0.2) is 4.98 Å². The summed E-state index contributed by atoms with van der Waals surface area (Å²) in [6.07, 6.45) is 0. The zero-order chi connectivity index (χ0) is 14.5. The molecule has 0 saturated carbocycles. The molecule has 2 aromatic rings. The average Bonchev–Trinajstić information content (AvgIpc) is 2.46. The van der Waals surface area contributed by atoms with Crippen LogP contribution >= 0.6 is 11.6 Å². The van der Waals surface area contributed by atoms with Crippen molar-refractivity contribution in [3.63, 3.8) is 0 Å². The van der Waals surface area contributed by atoms with Gasteiger partial charge in [0, 0.05) is 12.6 Å². The van der Waals surface area contributed by atoms with Crippen LogP contribution in [-0.4, -0.2) is 19.2 Å². The molecule has 1 aromatic heterocycles. The molecular weight excluding hydrogens is 276 g/mol. The third-order valence-electron chi connectivity index (χ3n) is 2.95. The van der Waals surface area contributed by atoms with Gasteiger partial charge in [-0.1, -0.05) is 11.6 Å². The molecule has 4 nitrogen and oxygen atoms in total. The van der Waals surface area contributed by atoms with Crippen LogP contribution in [0.5, 0.6) is 11.5 Å². The summed E-state index contributed by atoms with van der Waals surface area (Å²) in [5.74, 6) is 1.54. The second-order valence-corrected chi connectivity index (χ2v) is 4.73. The fourth-order valence-corrected chi connectivity index (χ4v) is 2.07. The van der Waals surface area contributed by atoms with E-state index in [1.807, 2.05) is 31.2 Å².